The lowest BCUT2D eigenvalue weighted by Gasteiger charge is -2.28. The fourth-order valence-corrected chi connectivity index (χ4v) is 4.47. The lowest BCUT2D eigenvalue weighted by Crippen LogP contribution is -2.40. The summed E-state index contributed by atoms with van der Waals surface area (Å²) in [6.45, 7) is 0.125. The van der Waals surface area contributed by atoms with Crippen LogP contribution >= 0.6 is 35.6 Å². The fraction of sp³-hybridized carbons (Fsp3) is 0.588. The van der Waals surface area contributed by atoms with Gasteiger partial charge in [-0.25, -0.2) is 0 Å². The summed E-state index contributed by atoms with van der Waals surface area (Å²) in [6, 6.07) is 6.25. The van der Waals surface area contributed by atoms with E-state index in [-0.39, 0.29) is 24.9 Å². The third kappa shape index (κ3) is 4.77. The first kappa shape index (κ1) is 19.8. The smallest absolute Gasteiger partial charge is 0.220 e. The van der Waals surface area contributed by atoms with Gasteiger partial charge in [-0.15, -0.1) is 12.4 Å². The molecule has 2 bridgehead atoms. The number of carbonyl (C=O) groups is 1. The Morgan fingerprint density at radius 3 is 2.42 bits per heavy atom. The minimum atomic E-state index is -0.899. The molecule has 7 heteroatoms. The summed E-state index contributed by atoms with van der Waals surface area (Å²) in [5, 5.41) is 17.4. The molecule has 4 nitrogen and oxygen atoms in total. The number of amides is 1. The summed E-state index contributed by atoms with van der Waals surface area (Å²) in [7, 11) is 0. The number of piperidine rings is 1. The molecule has 134 valence electrons. The quantitative estimate of drug-likeness (QED) is 0.717. The standard InChI is InChI=1S/C17H22Cl2N2O2.ClH/c18-13-2-1-3-14(19)17(13)15(22)9-20-16(23)8-10-6-11-4-5-12(7-10)21-11;/h1-3,10-12,15,21-22H,4-9H2,(H,20,23);1H. The third-order valence-electron chi connectivity index (χ3n) is 4.87. The Balaban J connectivity index is 0.00000208. The highest BCUT2D eigenvalue weighted by Crippen LogP contribution is 2.33. The van der Waals surface area contributed by atoms with Crippen molar-refractivity contribution >= 4 is 41.5 Å². The van der Waals surface area contributed by atoms with Crippen molar-refractivity contribution in [2.75, 3.05) is 6.54 Å². The van der Waals surface area contributed by atoms with Crippen LogP contribution in [0.15, 0.2) is 18.2 Å². The van der Waals surface area contributed by atoms with Gasteiger partial charge in [0.1, 0.15) is 0 Å². The molecule has 3 unspecified atom stereocenters. The van der Waals surface area contributed by atoms with Gasteiger partial charge in [0.05, 0.1) is 6.10 Å². The zero-order chi connectivity index (χ0) is 16.4. The topological polar surface area (TPSA) is 61.4 Å². The number of fused-ring (bicyclic) bond motifs is 2. The van der Waals surface area contributed by atoms with Gasteiger partial charge in [0, 0.05) is 40.7 Å². The van der Waals surface area contributed by atoms with Crippen molar-refractivity contribution in [3.8, 4) is 0 Å². The molecule has 0 spiro atoms. The average Bonchev–Trinajstić information content (AvgIpc) is 2.84. The van der Waals surface area contributed by atoms with Crippen LogP contribution in [0.3, 0.4) is 0 Å². The summed E-state index contributed by atoms with van der Waals surface area (Å²) in [6.07, 6.45) is 4.23. The molecule has 0 radical (unpaired) electrons. The van der Waals surface area contributed by atoms with Crippen molar-refractivity contribution in [3.05, 3.63) is 33.8 Å². The molecular weight excluding hydrogens is 371 g/mol. The van der Waals surface area contributed by atoms with E-state index in [1.807, 2.05) is 0 Å². The van der Waals surface area contributed by atoms with Gasteiger partial charge in [-0.05, 0) is 43.7 Å². The number of hydrogen-bond acceptors (Lipinski definition) is 3. The molecule has 2 aliphatic rings. The van der Waals surface area contributed by atoms with Crippen LogP contribution in [0.5, 0.6) is 0 Å². The van der Waals surface area contributed by atoms with Crippen LogP contribution in [-0.2, 0) is 4.79 Å². The molecule has 2 fully saturated rings. The number of benzene rings is 1. The molecule has 1 aromatic carbocycles. The van der Waals surface area contributed by atoms with Crippen LogP contribution in [0.2, 0.25) is 10.0 Å². The molecular formula is C17H23Cl3N2O2. The molecule has 2 heterocycles. The van der Waals surface area contributed by atoms with Gasteiger partial charge < -0.3 is 15.7 Å². The van der Waals surface area contributed by atoms with Gasteiger partial charge in [0.2, 0.25) is 5.91 Å². The Bertz CT molecular complexity index is 553. The number of nitrogens with one attached hydrogen (secondary N) is 2. The average molecular weight is 394 g/mol. The Morgan fingerprint density at radius 1 is 1.25 bits per heavy atom. The summed E-state index contributed by atoms with van der Waals surface area (Å²) in [4.78, 5) is 12.1. The van der Waals surface area contributed by atoms with Crippen LogP contribution in [0.1, 0.15) is 43.8 Å². The van der Waals surface area contributed by atoms with E-state index in [2.05, 4.69) is 10.6 Å². The van der Waals surface area contributed by atoms with Crippen molar-refractivity contribution in [2.45, 2.75) is 50.3 Å². The first-order valence-corrected chi connectivity index (χ1v) is 8.93. The maximum Gasteiger partial charge on any atom is 0.220 e. The highest BCUT2D eigenvalue weighted by molar-refractivity contribution is 6.36. The van der Waals surface area contributed by atoms with E-state index in [9.17, 15) is 9.90 Å². The highest BCUT2D eigenvalue weighted by Gasteiger charge is 2.34. The minimum absolute atomic E-state index is 0. The molecule has 2 saturated heterocycles. The maximum atomic E-state index is 12.1. The summed E-state index contributed by atoms with van der Waals surface area (Å²) < 4.78 is 0. The second kappa shape index (κ2) is 8.72. The number of halogens is 3. The summed E-state index contributed by atoms with van der Waals surface area (Å²) in [5.41, 5.74) is 0.469. The minimum Gasteiger partial charge on any atom is -0.386 e. The van der Waals surface area contributed by atoms with Gasteiger partial charge in [-0.3, -0.25) is 4.79 Å². The number of rotatable bonds is 5. The number of carbonyl (C=O) groups excluding carboxylic acids is 1. The lowest BCUT2D eigenvalue weighted by molar-refractivity contribution is -0.122. The van der Waals surface area contributed by atoms with Crippen molar-refractivity contribution in [1.29, 1.82) is 0 Å². The number of aliphatic hydroxyl groups excluding tert-OH is 1. The normalized spacial score (nSPS) is 26.5. The summed E-state index contributed by atoms with van der Waals surface area (Å²) in [5.74, 6) is 0.424. The molecule has 2 aliphatic heterocycles. The zero-order valence-electron chi connectivity index (χ0n) is 13.3. The van der Waals surface area contributed by atoms with Gasteiger partial charge in [0.25, 0.3) is 0 Å². The molecule has 0 aliphatic carbocycles. The number of hydrogen-bond donors (Lipinski definition) is 3. The number of aliphatic hydroxyl groups is 1. The van der Waals surface area contributed by atoms with Crippen molar-refractivity contribution in [2.24, 2.45) is 5.92 Å². The predicted molar refractivity (Wildman–Crippen MR) is 99.0 cm³/mol. The van der Waals surface area contributed by atoms with Crippen LogP contribution in [0, 0.1) is 5.92 Å². The Hall–Kier alpha value is -0.520. The SMILES string of the molecule is Cl.O=C(CC1CC2CCC(C1)N2)NCC(O)c1c(Cl)cccc1Cl. The van der Waals surface area contributed by atoms with Gasteiger partial charge in [0.15, 0.2) is 0 Å². The Morgan fingerprint density at radius 2 is 1.83 bits per heavy atom. The van der Waals surface area contributed by atoms with Gasteiger partial charge >= 0.3 is 0 Å². The molecule has 1 aromatic rings. The Kier molecular flexibility index (Phi) is 7.20. The Labute approximate surface area is 158 Å². The molecule has 24 heavy (non-hydrogen) atoms. The van der Waals surface area contributed by atoms with E-state index < -0.39 is 6.10 Å². The zero-order valence-corrected chi connectivity index (χ0v) is 15.6. The molecule has 3 N–H and O–H groups in total. The second-order valence-corrected chi connectivity index (χ2v) is 7.45. The van der Waals surface area contributed by atoms with Gasteiger partial charge in [-0.2, -0.15) is 0 Å². The van der Waals surface area contributed by atoms with E-state index in [0.29, 0.717) is 40.0 Å². The summed E-state index contributed by atoms with van der Waals surface area (Å²) >= 11 is 12.1. The van der Waals surface area contributed by atoms with E-state index in [0.717, 1.165) is 12.8 Å². The van der Waals surface area contributed by atoms with Crippen molar-refractivity contribution < 1.29 is 9.90 Å². The molecule has 3 atom stereocenters. The van der Waals surface area contributed by atoms with Crippen molar-refractivity contribution in [1.82, 2.24) is 10.6 Å². The molecule has 0 aromatic heterocycles. The largest absolute Gasteiger partial charge is 0.386 e. The van der Waals surface area contributed by atoms with Crippen LogP contribution in [-0.4, -0.2) is 29.6 Å². The van der Waals surface area contributed by atoms with E-state index >= 15 is 0 Å². The first-order valence-electron chi connectivity index (χ1n) is 8.17. The monoisotopic (exact) mass is 392 g/mol. The van der Waals surface area contributed by atoms with Crippen LogP contribution in [0.4, 0.5) is 0 Å². The molecule has 0 saturated carbocycles. The van der Waals surface area contributed by atoms with Crippen LogP contribution in [0.25, 0.3) is 0 Å². The van der Waals surface area contributed by atoms with Crippen molar-refractivity contribution in [3.63, 3.8) is 0 Å². The predicted octanol–water partition coefficient (Wildman–Crippen LogP) is 3.49. The fourth-order valence-electron chi connectivity index (χ4n) is 3.82. The lowest BCUT2D eigenvalue weighted by atomic mass is 9.89. The van der Waals surface area contributed by atoms with E-state index in [1.165, 1.54) is 12.8 Å². The maximum absolute atomic E-state index is 12.1. The third-order valence-corrected chi connectivity index (χ3v) is 5.53. The second-order valence-electron chi connectivity index (χ2n) is 6.63. The van der Waals surface area contributed by atoms with Gasteiger partial charge in [-0.1, -0.05) is 29.3 Å². The molecule has 3 rings (SSSR count). The first-order chi connectivity index (χ1) is 11.0. The molecule has 1 amide bonds. The van der Waals surface area contributed by atoms with Crippen LogP contribution < -0.4 is 10.6 Å². The highest BCUT2D eigenvalue weighted by atomic mass is 35.5. The van der Waals surface area contributed by atoms with E-state index in [1.54, 1.807) is 18.2 Å². The van der Waals surface area contributed by atoms with E-state index in [4.69, 9.17) is 23.2 Å².